The Hall–Kier alpha value is -0.670. The normalized spacial score (nSPS) is 25.7. The molecule has 3 nitrogen and oxygen atoms in total. The van der Waals surface area contributed by atoms with Crippen molar-refractivity contribution in [1.82, 2.24) is 15.3 Å². The summed E-state index contributed by atoms with van der Waals surface area (Å²) in [6.45, 7) is 0.749. The number of hydrogen-bond donors (Lipinski definition) is 1. The Kier molecular flexibility index (Phi) is 3.92. The van der Waals surface area contributed by atoms with Gasteiger partial charge in [0.2, 0.25) is 0 Å². The minimum atomic E-state index is 0.548. The number of nitrogens with zero attached hydrogens (tertiary/aromatic N) is 2. The summed E-state index contributed by atoms with van der Waals surface area (Å²) in [6.07, 6.45) is 7.31. The van der Waals surface area contributed by atoms with E-state index in [2.05, 4.69) is 15.3 Å². The van der Waals surface area contributed by atoms with E-state index in [4.69, 9.17) is 11.6 Å². The van der Waals surface area contributed by atoms with Crippen molar-refractivity contribution in [3.8, 4) is 0 Å². The van der Waals surface area contributed by atoms with Crippen molar-refractivity contribution >= 4 is 11.6 Å². The molecule has 4 heteroatoms. The van der Waals surface area contributed by atoms with Gasteiger partial charge in [-0.15, -0.1) is 11.6 Å². The summed E-state index contributed by atoms with van der Waals surface area (Å²) in [5, 5.41) is 3.49. The fraction of sp³-hybridized carbons (Fsp3) is 0.636. The van der Waals surface area contributed by atoms with Crippen LogP contribution in [0.1, 0.15) is 25.1 Å². The zero-order valence-corrected chi connectivity index (χ0v) is 9.45. The molecular weight excluding hydrogens is 210 g/mol. The Bertz CT molecular complexity index is 291. The lowest BCUT2D eigenvalue weighted by Gasteiger charge is -2.18. The quantitative estimate of drug-likeness (QED) is 0.797. The highest BCUT2D eigenvalue weighted by Gasteiger charge is 2.25. The Balaban J connectivity index is 1.83. The van der Waals surface area contributed by atoms with E-state index >= 15 is 0 Å². The van der Waals surface area contributed by atoms with Gasteiger partial charge in [-0.3, -0.25) is 0 Å². The van der Waals surface area contributed by atoms with Crippen molar-refractivity contribution in [1.29, 1.82) is 0 Å². The van der Waals surface area contributed by atoms with Crippen molar-refractivity contribution in [2.45, 2.75) is 31.8 Å². The van der Waals surface area contributed by atoms with Crippen LogP contribution in [0.4, 0.5) is 0 Å². The van der Waals surface area contributed by atoms with Gasteiger partial charge in [-0.25, -0.2) is 9.97 Å². The van der Waals surface area contributed by atoms with Crippen LogP contribution in [0.3, 0.4) is 0 Å². The first-order valence-corrected chi connectivity index (χ1v) is 5.99. The van der Waals surface area contributed by atoms with E-state index in [0.29, 0.717) is 12.0 Å². The minimum absolute atomic E-state index is 0.548. The fourth-order valence-electron chi connectivity index (χ4n) is 2.13. The molecule has 1 aliphatic rings. The first-order valence-electron chi connectivity index (χ1n) is 5.45. The molecule has 1 heterocycles. The Morgan fingerprint density at radius 1 is 1.33 bits per heavy atom. The van der Waals surface area contributed by atoms with E-state index in [1.165, 1.54) is 19.3 Å². The van der Waals surface area contributed by atoms with Crippen molar-refractivity contribution < 1.29 is 0 Å². The number of aromatic nitrogens is 2. The van der Waals surface area contributed by atoms with E-state index in [-0.39, 0.29) is 0 Å². The second kappa shape index (κ2) is 5.42. The first kappa shape index (κ1) is 10.8. The van der Waals surface area contributed by atoms with Crippen molar-refractivity contribution in [2.24, 2.45) is 5.92 Å². The molecule has 0 aliphatic heterocycles. The Morgan fingerprint density at radius 2 is 2.13 bits per heavy atom. The van der Waals surface area contributed by atoms with E-state index in [0.717, 1.165) is 18.2 Å². The highest BCUT2D eigenvalue weighted by Crippen LogP contribution is 2.26. The maximum absolute atomic E-state index is 5.91. The van der Waals surface area contributed by atoms with Crippen LogP contribution < -0.4 is 5.32 Å². The van der Waals surface area contributed by atoms with Gasteiger partial charge in [-0.2, -0.15) is 0 Å². The predicted molar refractivity (Wildman–Crippen MR) is 60.7 cm³/mol. The summed E-state index contributed by atoms with van der Waals surface area (Å²) >= 11 is 5.91. The maximum atomic E-state index is 5.91. The molecule has 1 fully saturated rings. The molecule has 0 radical (unpaired) electrons. The Morgan fingerprint density at radius 3 is 2.87 bits per heavy atom. The van der Waals surface area contributed by atoms with Crippen LogP contribution in [0.5, 0.6) is 0 Å². The average molecular weight is 226 g/mol. The van der Waals surface area contributed by atoms with Gasteiger partial charge in [0.25, 0.3) is 0 Å². The number of hydrogen-bond acceptors (Lipinski definition) is 3. The van der Waals surface area contributed by atoms with Crippen LogP contribution >= 0.6 is 11.6 Å². The average Bonchev–Trinajstić information content (AvgIpc) is 2.75. The lowest BCUT2D eigenvalue weighted by Crippen LogP contribution is -2.33. The summed E-state index contributed by atoms with van der Waals surface area (Å²) in [5.74, 6) is 2.24. The number of nitrogens with one attached hydrogen (secondary N) is 1. The number of alkyl halides is 1. The fourth-order valence-corrected chi connectivity index (χ4v) is 2.50. The van der Waals surface area contributed by atoms with Crippen LogP contribution in [-0.4, -0.2) is 21.9 Å². The molecule has 1 saturated carbocycles. The van der Waals surface area contributed by atoms with E-state index in [1.807, 2.05) is 6.07 Å². The zero-order valence-electron chi connectivity index (χ0n) is 8.69. The highest BCUT2D eigenvalue weighted by atomic mass is 35.5. The molecule has 1 N–H and O–H groups in total. The largest absolute Gasteiger partial charge is 0.307 e. The molecule has 2 atom stereocenters. The summed E-state index contributed by atoms with van der Waals surface area (Å²) in [5.41, 5.74) is 0. The molecule has 15 heavy (non-hydrogen) atoms. The molecular formula is C11H16ClN3. The SMILES string of the molecule is ClCC1CCCC1NCc1ncccn1. The topological polar surface area (TPSA) is 37.8 Å². The lowest BCUT2D eigenvalue weighted by atomic mass is 10.1. The van der Waals surface area contributed by atoms with Crippen molar-refractivity contribution in [3.05, 3.63) is 24.3 Å². The smallest absolute Gasteiger partial charge is 0.141 e. The van der Waals surface area contributed by atoms with E-state index < -0.39 is 0 Å². The summed E-state index contributed by atoms with van der Waals surface area (Å²) in [6, 6.07) is 2.38. The van der Waals surface area contributed by atoms with E-state index in [9.17, 15) is 0 Å². The number of rotatable bonds is 4. The molecule has 82 valence electrons. The van der Waals surface area contributed by atoms with Crippen LogP contribution in [-0.2, 0) is 6.54 Å². The van der Waals surface area contributed by atoms with Crippen LogP contribution in [0.25, 0.3) is 0 Å². The molecule has 1 aromatic heterocycles. The van der Waals surface area contributed by atoms with Crippen LogP contribution in [0.15, 0.2) is 18.5 Å². The molecule has 0 spiro atoms. The second-order valence-electron chi connectivity index (χ2n) is 4.00. The second-order valence-corrected chi connectivity index (χ2v) is 4.31. The van der Waals surface area contributed by atoms with Crippen molar-refractivity contribution in [2.75, 3.05) is 5.88 Å². The third-order valence-electron chi connectivity index (χ3n) is 3.00. The molecule has 2 unspecified atom stereocenters. The third-order valence-corrected chi connectivity index (χ3v) is 3.40. The number of halogens is 1. The van der Waals surface area contributed by atoms with Gasteiger partial charge in [-0.1, -0.05) is 6.42 Å². The molecule has 0 aromatic carbocycles. The van der Waals surface area contributed by atoms with Crippen LogP contribution in [0.2, 0.25) is 0 Å². The molecule has 0 bridgehead atoms. The molecule has 0 saturated heterocycles. The summed E-state index contributed by atoms with van der Waals surface area (Å²) in [7, 11) is 0. The van der Waals surface area contributed by atoms with Crippen LogP contribution in [0, 0.1) is 5.92 Å². The molecule has 2 rings (SSSR count). The van der Waals surface area contributed by atoms with Gasteiger partial charge in [0, 0.05) is 24.3 Å². The minimum Gasteiger partial charge on any atom is -0.307 e. The van der Waals surface area contributed by atoms with Gasteiger partial charge in [-0.05, 0) is 24.8 Å². The molecule has 0 amide bonds. The lowest BCUT2D eigenvalue weighted by molar-refractivity contribution is 0.424. The van der Waals surface area contributed by atoms with Gasteiger partial charge >= 0.3 is 0 Å². The summed E-state index contributed by atoms with van der Waals surface area (Å²) < 4.78 is 0. The van der Waals surface area contributed by atoms with E-state index in [1.54, 1.807) is 12.4 Å². The maximum Gasteiger partial charge on any atom is 0.141 e. The zero-order chi connectivity index (χ0) is 10.5. The van der Waals surface area contributed by atoms with Crippen molar-refractivity contribution in [3.63, 3.8) is 0 Å². The van der Waals surface area contributed by atoms with Gasteiger partial charge in [0.1, 0.15) is 5.82 Å². The predicted octanol–water partition coefficient (Wildman–Crippen LogP) is 1.97. The molecule has 1 aliphatic carbocycles. The van der Waals surface area contributed by atoms with Gasteiger partial charge in [0.05, 0.1) is 6.54 Å². The summed E-state index contributed by atoms with van der Waals surface area (Å²) in [4.78, 5) is 8.37. The first-order chi connectivity index (χ1) is 7.40. The Labute approximate surface area is 95.3 Å². The van der Waals surface area contributed by atoms with Gasteiger partial charge in [0.15, 0.2) is 0 Å². The molecule has 1 aromatic rings. The standard InChI is InChI=1S/C11H16ClN3/c12-7-9-3-1-4-10(9)15-8-11-13-5-2-6-14-11/h2,5-6,9-10,15H,1,3-4,7-8H2. The monoisotopic (exact) mass is 225 g/mol. The van der Waals surface area contributed by atoms with Gasteiger partial charge < -0.3 is 5.32 Å². The third kappa shape index (κ3) is 2.89. The highest BCUT2D eigenvalue weighted by molar-refractivity contribution is 6.18.